The van der Waals surface area contributed by atoms with Crippen LogP contribution in [0.5, 0.6) is 0 Å². The van der Waals surface area contributed by atoms with Crippen LogP contribution in [-0.2, 0) is 16.1 Å². The predicted octanol–water partition coefficient (Wildman–Crippen LogP) is 2.54. The number of hydrogen-bond donors (Lipinski definition) is 7. The Kier molecular flexibility index (Phi) is 6.29. The molecule has 3 aliphatic carbocycles. The second-order valence-electron chi connectivity index (χ2n) is 10.5. The highest BCUT2D eigenvalue weighted by Crippen LogP contribution is 2.73. The van der Waals surface area contributed by atoms with Crippen LogP contribution in [0.25, 0.3) is 5.57 Å². The Morgan fingerprint density at radius 1 is 0.947 bits per heavy atom. The van der Waals surface area contributed by atoms with Crippen molar-refractivity contribution in [2.75, 3.05) is 23.7 Å². The second-order valence-corrected chi connectivity index (χ2v) is 10.5. The van der Waals surface area contributed by atoms with Gasteiger partial charge in [0.15, 0.2) is 11.9 Å². The van der Waals surface area contributed by atoms with Gasteiger partial charge in [-0.2, -0.15) is 0 Å². The van der Waals surface area contributed by atoms with Crippen LogP contribution in [0.3, 0.4) is 0 Å². The van der Waals surface area contributed by atoms with E-state index in [0.29, 0.717) is 62.3 Å². The van der Waals surface area contributed by atoms with Crippen molar-refractivity contribution in [1.29, 1.82) is 10.8 Å². The molecule has 0 radical (unpaired) electrons. The summed E-state index contributed by atoms with van der Waals surface area (Å²) < 4.78 is 14.9. The Hall–Kier alpha value is -4.41. The zero-order valence-electron chi connectivity index (χ0n) is 20.9. The highest BCUT2D eigenvalue weighted by Gasteiger charge is 2.74. The molecule has 9 N–H and O–H groups in total. The largest absolute Gasteiger partial charge is 0.370 e. The second kappa shape index (κ2) is 9.47. The molecule has 10 nitrogen and oxygen atoms in total. The maximum Gasteiger partial charge on any atom is 0.230 e. The van der Waals surface area contributed by atoms with Crippen LogP contribution in [0, 0.1) is 27.5 Å². The third-order valence-electron chi connectivity index (χ3n) is 7.81. The third-order valence-corrected chi connectivity index (χ3v) is 7.81. The highest BCUT2D eigenvalue weighted by molar-refractivity contribution is 6.05. The Morgan fingerprint density at radius 3 is 2.08 bits per heavy atom. The van der Waals surface area contributed by atoms with E-state index in [9.17, 15) is 14.0 Å². The molecule has 2 bridgehead atoms. The number of halogens is 1. The summed E-state index contributed by atoms with van der Waals surface area (Å²) in [7, 11) is 0. The van der Waals surface area contributed by atoms with E-state index in [1.54, 1.807) is 29.2 Å². The number of benzene rings is 2. The lowest BCUT2D eigenvalue weighted by Gasteiger charge is -2.67. The van der Waals surface area contributed by atoms with Crippen LogP contribution in [0.4, 0.5) is 15.8 Å². The van der Waals surface area contributed by atoms with Gasteiger partial charge in [0.05, 0.1) is 10.8 Å². The molecule has 1 heterocycles. The maximum atomic E-state index is 14.9. The Morgan fingerprint density at radius 2 is 1.55 bits per heavy atom. The summed E-state index contributed by atoms with van der Waals surface area (Å²) in [5, 5.41) is 23.2. The number of anilines is 2. The topological polar surface area (TPSA) is 173 Å². The maximum absolute atomic E-state index is 14.9. The zero-order valence-corrected chi connectivity index (χ0v) is 20.9. The summed E-state index contributed by atoms with van der Waals surface area (Å²) in [6.45, 7) is 1.45. The van der Waals surface area contributed by atoms with E-state index in [0.717, 1.165) is 11.1 Å². The van der Waals surface area contributed by atoms with Gasteiger partial charge < -0.3 is 32.3 Å². The molecular weight excluding hydrogens is 487 g/mol. The molecule has 2 amide bonds. The molecule has 38 heavy (non-hydrogen) atoms. The van der Waals surface area contributed by atoms with E-state index in [1.165, 1.54) is 6.07 Å². The molecule has 0 spiro atoms. The average molecular weight is 519 g/mol. The fourth-order valence-electron chi connectivity index (χ4n) is 5.69. The molecule has 3 fully saturated rings. The van der Waals surface area contributed by atoms with Gasteiger partial charge in [0.2, 0.25) is 11.8 Å². The number of amides is 2. The summed E-state index contributed by atoms with van der Waals surface area (Å²) >= 11 is 0. The molecule has 0 aromatic heterocycles. The number of carbonyl (C=O) groups is 2. The minimum Gasteiger partial charge on any atom is -0.370 e. The molecule has 198 valence electrons. The predicted molar refractivity (Wildman–Crippen MR) is 144 cm³/mol. The van der Waals surface area contributed by atoms with Gasteiger partial charge in [-0.15, -0.1) is 0 Å². The van der Waals surface area contributed by atoms with Crippen LogP contribution < -0.4 is 27.4 Å². The van der Waals surface area contributed by atoms with Crippen molar-refractivity contribution >= 4 is 40.7 Å². The van der Waals surface area contributed by atoms with E-state index in [4.69, 9.17) is 22.3 Å². The van der Waals surface area contributed by atoms with E-state index < -0.39 is 16.6 Å². The van der Waals surface area contributed by atoms with E-state index >= 15 is 0 Å². The van der Waals surface area contributed by atoms with Crippen molar-refractivity contribution in [3.8, 4) is 0 Å². The molecule has 11 heteroatoms. The number of rotatable bonds is 7. The lowest BCUT2D eigenvalue weighted by molar-refractivity contribution is -0.201. The normalized spacial score (nSPS) is 23.3. The number of nitrogens with two attached hydrogens (primary N) is 2. The fraction of sp³-hybridized carbons (Fsp3) is 0.333. The third kappa shape index (κ3) is 4.67. The number of carbonyl (C=O) groups excluding carboxylic acids is 2. The highest BCUT2D eigenvalue weighted by atomic mass is 19.1. The molecule has 4 aliphatic rings. The smallest absolute Gasteiger partial charge is 0.230 e. The lowest BCUT2D eigenvalue weighted by atomic mass is 9.34. The van der Waals surface area contributed by atoms with Crippen molar-refractivity contribution in [2.24, 2.45) is 22.3 Å². The number of nitrogens with zero attached hydrogens (tertiary/aromatic N) is 1. The van der Waals surface area contributed by atoms with Crippen molar-refractivity contribution in [3.05, 3.63) is 65.5 Å². The number of guanidine groups is 2. The molecule has 0 saturated heterocycles. The summed E-state index contributed by atoms with van der Waals surface area (Å²) in [4.78, 5) is 27.6. The van der Waals surface area contributed by atoms with Crippen molar-refractivity contribution in [3.63, 3.8) is 0 Å². The minimum atomic E-state index is -0.587. The summed E-state index contributed by atoms with van der Waals surface area (Å²) in [5.41, 5.74) is 13.0. The zero-order chi connectivity index (χ0) is 27.1. The van der Waals surface area contributed by atoms with Crippen LogP contribution in [0.2, 0.25) is 0 Å². The first-order chi connectivity index (χ1) is 18.1. The van der Waals surface area contributed by atoms with Gasteiger partial charge in [-0.3, -0.25) is 20.4 Å². The van der Waals surface area contributed by atoms with Crippen molar-refractivity contribution in [2.45, 2.75) is 32.2 Å². The number of hydrogen-bond acceptors (Lipinski definition) is 4. The first-order valence-corrected chi connectivity index (χ1v) is 12.5. The number of nitrogens with one attached hydrogen (secondary N) is 5. The van der Waals surface area contributed by atoms with Gasteiger partial charge in [0, 0.05) is 36.6 Å². The SMILES string of the molecule is N=C(N)NCc1ccc(NC(=O)C23CC(C(=O)Nc4ccc(C5=CCN(C(=N)N)CC5)c(F)c4)(C2)C3)cc1. The van der Waals surface area contributed by atoms with Crippen LogP contribution >= 0.6 is 0 Å². The van der Waals surface area contributed by atoms with Gasteiger partial charge in [0.25, 0.3) is 0 Å². The van der Waals surface area contributed by atoms with E-state index in [1.807, 2.05) is 18.2 Å². The van der Waals surface area contributed by atoms with E-state index in [2.05, 4.69) is 16.0 Å². The van der Waals surface area contributed by atoms with Gasteiger partial charge in [0.1, 0.15) is 5.82 Å². The standard InChI is InChI=1S/C27H31FN8O2/c28-21-11-19(5-6-20(21)17-7-9-36(10-8-17)25(31)32)35-23(38)27-13-26(14-27,15-27)22(37)34-18-3-1-16(2-4-18)12-33-24(29)30/h1-7,11H,8-10,12-15H2,(H3,31,32)(H,34,37)(H,35,38)(H4,29,30,33). The summed E-state index contributed by atoms with van der Waals surface area (Å²) in [6, 6.07) is 12.0. The Balaban J connectivity index is 1.13. The molecule has 0 atom stereocenters. The van der Waals surface area contributed by atoms with Crippen molar-refractivity contribution < 1.29 is 14.0 Å². The first kappa shape index (κ1) is 25.2. The molecule has 1 aliphatic heterocycles. The molecular formula is C27H31FN8O2. The lowest BCUT2D eigenvalue weighted by Crippen LogP contribution is -2.70. The van der Waals surface area contributed by atoms with Gasteiger partial charge >= 0.3 is 0 Å². The van der Waals surface area contributed by atoms with Crippen molar-refractivity contribution in [1.82, 2.24) is 10.2 Å². The average Bonchev–Trinajstić information content (AvgIpc) is 2.82. The summed E-state index contributed by atoms with van der Waals surface area (Å²) in [5.74, 6) is -0.800. The molecule has 6 rings (SSSR count). The van der Waals surface area contributed by atoms with Crippen LogP contribution in [-0.4, -0.2) is 41.7 Å². The molecule has 2 aromatic carbocycles. The summed E-state index contributed by atoms with van der Waals surface area (Å²) in [6.07, 6.45) is 3.86. The van der Waals surface area contributed by atoms with Gasteiger partial charge in [-0.25, -0.2) is 4.39 Å². The molecule has 3 saturated carbocycles. The van der Waals surface area contributed by atoms with E-state index in [-0.39, 0.29) is 23.7 Å². The Labute approximate surface area is 219 Å². The monoisotopic (exact) mass is 518 g/mol. The molecule has 2 aromatic rings. The fourth-order valence-corrected chi connectivity index (χ4v) is 5.69. The minimum absolute atomic E-state index is 0.000542. The van der Waals surface area contributed by atoms with Gasteiger partial charge in [-0.1, -0.05) is 18.2 Å². The quantitative estimate of drug-likeness (QED) is 0.219. The van der Waals surface area contributed by atoms with Crippen LogP contribution in [0.1, 0.15) is 36.8 Å². The first-order valence-electron chi connectivity index (χ1n) is 12.5. The van der Waals surface area contributed by atoms with Crippen LogP contribution in [0.15, 0.2) is 48.5 Å². The molecule has 0 unspecified atom stereocenters. The van der Waals surface area contributed by atoms with Gasteiger partial charge in [-0.05, 0) is 67.2 Å². The Bertz CT molecular complexity index is 1330.